The van der Waals surface area contributed by atoms with Gasteiger partial charge < -0.3 is 0 Å². The van der Waals surface area contributed by atoms with Crippen molar-refractivity contribution in [3.8, 4) is 0 Å². The molecule has 1 fully saturated rings. The monoisotopic (exact) mass is 574 g/mol. The largest absolute Gasteiger partial charge is 0.274 e. The molecular formula is C26H24BrClN2O4S. The van der Waals surface area contributed by atoms with E-state index in [4.69, 9.17) is 11.6 Å². The molecule has 0 bridgehead atoms. The van der Waals surface area contributed by atoms with Gasteiger partial charge in [-0.15, -0.1) is 0 Å². The molecule has 0 aliphatic carbocycles. The van der Waals surface area contributed by atoms with Crippen LogP contribution in [0.5, 0.6) is 0 Å². The molecule has 1 aliphatic rings. The molecule has 0 spiro atoms. The fourth-order valence-corrected chi connectivity index (χ4v) is 6.04. The molecule has 4 rings (SSSR count). The van der Waals surface area contributed by atoms with Crippen molar-refractivity contribution in [1.29, 1.82) is 0 Å². The first-order chi connectivity index (χ1) is 16.6. The predicted octanol–water partition coefficient (Wildman–Crippen LogP) is 5.75. The number of nitrogens with zero attached hydrogens (tertiary/aromatic N) is 2. The van der Waals surface area contributed by atoms with Gasteiger partial charge >= 0.3 is 0 Å². The van der Waals surface area contributed by atoms with Crippen molar-refractivity contribution < 1.29 is 18.0 Å². The summed E-state index contributed by atoms with van der Waals surface area (Å²) in [5.41, 5.74) is 2.03. The molecule has 1 aliphatic heterocycles. The highest BCUT2D eigenvalue weighted by molar-refractivity contribution is 9.10. The van der Waals surface area contributed by atoms with E-state index in [2.05, 4.69) is 29.8 Å². The number of sulfonamides is 1. The molecule has 182 valence electrons. The highest BCUT2D eigenvalue weighted by Crippen LogP contribution is 2.32. The van der Waals surface area contributed by atoms with Crippen molar-refractivity contribution in [2.24, 2.45) is 0 Å². The average Bonchev–Trinajstić information content (AvgIpc) is 3.12. The Morgan fingerprint density at radius 2 is 1.63 bits per heavy atom. The van der Waals surface area contributed by atoms with Crippen LogP contribution in [0.3, 0.4) is 0 Å². The number of carbonyl (C=O) groups excluding carboxylic acids is 2. The molecule has 1 heterocycles. The quantitative estimate of drug-likeness (QED) is 0.336. The lowest BCUT2D eigenvalue weighted by atomic mass is 10.0. The van der Waals surface area contributed by atoms with Crippen LogP contribution in [0.15, 0.2) is 82.2 Å². The van der Waals surface area contributed by atoms with Gasteiger partial charge in [-0.3, -0.25) is 9.59 Å². The van der Waals surface area contributed by atoms with Gasteiger partial charge in [0.2, 0.25) is 15.9 Å². The molecule has 0 radical (unpaired) electrons. The van der Waals surface area contributed by atoms with E-state index in [9.17, 15) is 18.0 Å². The topological polar surface area (TPSA) is 74.8 Å². The molecule has 9 heteroatoms. The number of halogens is 2. The molecule has 1 unspecified atom stereocenters. The van der Waals surface area contributed by atoms with Crippen LogP contribution in [0.2, 0.25) is 5.02 Å². The number of benzene rings is 3. The summed E-state index contributed by atoms with van der Waals surface area (Å²) in [4.78, 5) is 27.6. The number of rotatable bonds is 7. The third-order valence-corrected chi connectivity index (χ3v) is 8.76. The van der Waals surface area contributed by atoms with Gasteiger partial charge in [-0.05, 0) is 59.5 Å². The molecule has 3 aromatic rings. The third-order valence-electron chi connectivity index (χ3n) is 5.99. The van der Waals surface area contributed by atoms with E-state index >= 15 is 0 Å². The van der Waals surface area contributed by atoms with Crippen molar-refractivity contribution in [2.45, 2.75) is 43.7 Å². The molecule has 0 aromatic heterocycles. The van der Waals surface area contributed by atoms with Crippen molar-refractivity contribution in [3.05, 3.63) is 93.4 Å². The van der Waals surface area contributed by atoms with Crippen molar-refractivity contribution >= 4 is 55.1 Å². The number of imide groups is 1. The zero-order valence-corrected chi connectivity index (χ0v) is 22.3. The molecule has 1 atom stereocenters. The summed E-state index contributed by atoms with van der Waals surface area (Å²) in [6.07, 6.45) is -0.259. The highest BCUT2D eigenvalue weighted by Gasteiger charge is 2.47. The summed E-state index contributed by atoms with van der Waals surface area (Å²) < 4.78 is 29.3. The molecule has 3 aromatic carbocycles. The number of hydrogen-bond donors (Lipinski definition) is 0. The van der Waals surface area contributed by atoms with Gasteiger partial charge in [-0.1, -0.05) is 71.7 Å². The number of anilines is 1. The van der Waals surface area contributed by atoms with E-state index in [1.807, 2.05) is 12.1 Å². The van der Waals surface area contributed by atoms with Gasteiger partial charge in [-0.25, -0.2) is 13.3 Å². The minimum atomic E-state index is -4.14. The summed E-state index contributed by atoms with van der Waals surface area (Å²) in [6, 6.07) is 19.0. The van der Waals surface area contributed by atoms with Crippen LogP contribution in [0, 0.1) is 0 Å². The minimum absolute atomic E-state index is 0.0211. The summed E-state index contributed by atoms with van der Waals surface area (Å²) in [5.74, 6) is -0.739. The third kappa shape index (κ3) is 5.21. The number of hydrogen-bond acceptors (Lipinski definition) is 4. The van der Waals surface area contributed by atoms with Crippen LogP contribution in [-0.4, -0.2) is 30.6 Å². The molecule has 2 amide bonds. The van der Waals surface area contributed by atoms with Crippen LogP contribution in [0.1, 0.15) is 37.3 Å². The maximum Gasteiger partial charge on any atom is 0.252 e. The zero-order chi connectivity index (χ0) is 25.3. The van der Waals surface area contributed by atoms with Crippen LogP contribution in [0.4, 0.5) is 5.69 Å². The van der Waals surface area contributed by atoms with E-state index in [1.54, 1.807) is 48.5 Å². The van der Waals surface area contributed by atoms with E-state index in [-0.39, 0.29) is 17.9 Å². The predicted molar refractivity (Wildman–Crippen MR) is 140 cm³/mol. The van der Waals surface area contributed by atoms with Gasteiger partial charge in [0, 0.05) is 16.0 Å². The van der Waals surface area contributed by atoms with Crippen LogP contribution >= 0.6 is 27.5 Å². The Morgan fingerprint density at radius 1 is 1.00 bits per heavy atom. The van der Waals surface area contributed by atoms with Gasteiger partial charge in [0.05, 0.1) is 17.0 Å². The van der Waals surface area contributed by atoms with Crippen LogP contribution in [0.25, 0.3) is 0 Å². The minimum Gasteiger partial charge on any atom is -0.274 e. The Labute approximate surface area is 218 Å². The second-order valence-electron chi connectivity index (χ2n) is 8.63. The van der Waals surface area contributed by atoms with Crippen molar-refractivity contribution in [3.63, 3.8) is 0 Å². The lowest BCUT2D eigenvalue weighted by Crippen LogP contribution is -2.45. The number of amides is 2. The van der Waals surface area contributed by atoms with Crippen LogP contribution in [-0.2, 0) is 26.2 Å². The second kappa shape index (κ2) is 10.2. The standard InChI is InChI=1S/C26H24BrClN2O4S/c1-17(2)18-7-11-21(12-8-18)30-25(31)15-24(26(30)32)29(16-19-5-3-4-6-23(19)28)35(33,34)22-13-9-20(27)10-14-22/h3-14,17,24H,15-16H2,1-2H3. The Balaban J connectivity index is 1.74. The summed E-state index contributed by atoms with van der Waals surface area (Å²) in [5, 5.41) is 0.376. The summed E-state index contributed by atoms with van der Waals surface area (Å²) >= 11 is 9.64. The fourth-order valence-electron chi connectivity index (χ4n) is 4.02. The van der Waals surface area contributed by atoms with Gasteiger partial charge in [0.15, 0.2) is 0 Å². The van der Waals surface area contributed by atoms with Crippen molar-refractivity contribution in [2.75, 3.05) is 4.90 Å². The first-order valence-electron chi connectivity index (χ1n) is 11.1. The molecule has 1 saturated heterocycles. The second-order valence-corrected chi connectivity index (χ2v) is 11.8. The molecule has 6 nitrogen and oxygen atoms in total. The molecule has 35 heavy (non-hydrogen) atoms. The molecular weight excluding hydrogens is 552 g/mol. The van der Waals surface area contributed by atoms with E-state index in [1.165, 1.54) is 12.1 Å². The SMILES string of the molecule is CC(C)c1ccc(N2C(=O)CC(N(Cc3ccccc3Cl)S(=O)(=O)c3ccc(Br)cc3)C2=O)cc1. The molecule has 0 saturated carbocycles. The Hall–Kier alpha value is -2.52. The maximum absolute atomic E-state index is 13.7. The first-order valence-corrected chi connectivity index (χ1v) is 13.7. The summed E-state index contributed by atoms with van der Waals surface area (Å²) in [6.45, 7) is 3.95. The fraction of sp³-hybridized carbons (Fsp3) is 0.231. The maximum atomic E-state index is 13.7. The molecule has 0 N–H and O–H groups in total. The Kier molecular flexibility index (Phi) is 7.47. The average molecular weight is 576 g/mol. The van der Waals surface area contributed by atoms with Gasteiger partial charge in [0.25, 0.3) is 5.91 Å². The van der Waals surface area contributed by atoms with E-state index < -0.39 is 27.9 Å². The van der Waals surface area contributed by atoms with E-state index in [0.717, 1.165) is 19.2 Å². The smallest absolute Gasteiger partial charge is 0.252 e. The van der Waals surface area contributed by atoms with E-state index in [0.29, 0.717) is 22.2 Å². The lowest BCUT2D eigenvalue weighted by molar-refractivity contribution is -0.122. The van der Waals surface area contributed by atoms with Gasteiger partial charge in [-0.2, -0.15) is 4.31 Å². The van der Waals surface area contributed by atoms with Crippen molar-refractivity contribution in [1.82, 2.24) is 4.31 Å². The number of carbonyl (C=O) groups is 2. The first kappa shape index (κ1) is 25.6. The Morgan fingerprint density at radius 3 is 2.23 bits per heavy atom. The summed E-state index contributed by atoms with van der Waals surface area (Å²) in [7, 11) is -4.14. The van der Waals surface area contributed by atoms with Crippen LogP contribution < -0.4 is 4.90 Å². The Bertz CT molecular complexity index is 1360. The lowest BCUT2D eigenvalue weighted by Gasteiger charge is -2.27. The normalized spacial score (nSPS) is 16.5. The highest BCUT2D eigenvalue weighted by atomic mass is 79.9. The van der Waals surface area contributed by atoms with Gasteiger partial charge in [0.1, 0.15) is 6.04 Å². The zero-order valence-electron chi connectivity index (χ0n) is 19.2.